The van der Waals surface area contributed by atoms with E-state index in [2.05, 4.69) is 67.8 Å². The van der Waals surface area contributed by atoms with Crippen molar-refractivity contribution in [1.29, 1.82) is 0 Å². The molecular formula is C52H61N9O9S. The fourth-order valence-electron chi connectivity index (χ4n) is 12.5. The Morgan fingerprint density at radius 3 is 2.52 bits per heavy atom. The first kappa shape index (κ1) is 46.1. The Bertz CT molecular complexity index is 3000. The average Bonchev–Trinajstić information content (AvgIpc) is 4.01. The zero-order valence-corrected chi connectivity index (χ0v) is 41.2. The number of nitrogens with zero attached hydrogens (tertiary/aromatic N) is 6. The van der Waals surface area contributed by atoms with Gasteiger partial charge in [0.25, 0.3) is 21.6 Å². The van der Waals surface area contributed by atoms with Gasteiger partial charge in [-0.2, -0.15) is 4.98 Å². The highest BCUT2D eigenvalue weighted by atomic mass is 32.2. The second kappa shape index (κ2) is 17.9. The average molecular weight is 988 g/mol. The molecule has 1 amide bonds. The van der Waals surface area contributed by atoms with Crippen LogP contribution in [0.15, 0.2) is 77.8 Å². The number of carbonyl (C=O) groups excluding carboxylic acids is 1. The fraction of sp³-hybridized carbons (Fsp3) is 0.500. The number of anilines is 4. The Labute approximate surface area is 413 Å². The SMILES string of the molecule is Cc1ccccc1[C@@H]1CCCN1C1CC2(CCN(c3ccc(C(=O)NS(=O)(=O)c4cc5c(c([N+](=O)[O-])c4)N[C@H]([C@H]4CN(C6COC6)[C@H](C)CO4)CO5)c(N4C[C@@H](C)Oc5nc6[nH]ccc6cc54)c3)CC2)C1. The molecule has 5 atom stereocenters. The van der Waals surface area contributed by atoms with Crippen molar-refractivity contribution in [3.05, 3.63) is 99.7 Å². The number of nitrogens with one attached hydrogen (secondary N) is 3. The van der Waals surface area contributed by atoms with Gasteiger partial charge in [0.2, 0.25) is 5.88 Å². The van der Waals surface area contributed by atoms with Gasteiger partial charge in [-0.3, -0.25) is 24.7 Å². The summed E-state index contributed by atoms with van der Waals surface area (Å²) in [7, 11) is -4.69. The Kier molecular flexibility index (Phi) is 11.7. The number of aromatic nitrogens is 2. The van der Waals surface area contributed by atoms with E-state index in [0.29, 0.717) is 73.3 Å². The van der Waals surface area contributed by atoms with Gasteiger partial charge in [-0.05, 0) is 113 Å². The van der Waals surface area contributed by atoms with Crippen LogP contribution < -0.4 is 29.3 Å². The molecule has 374 valence electrons. The van der Waals surface area contributed by atoms with Gasteiger partial charge in [0.05, 0.1) is 65.6 Å². The van der Waals surface area contributed by atoms with E-state index < -0.39 is 37.5 Å². The summed E-state index contributed by atoms with van der Waals surface area (Å²) in [6.45, 7) is 11.9. The largest absolute Gasteiger partial charge is 0.489 e. The Hall–Kier alpha value is -5.99. The number of sulfonamides is 1. The minimum absolute atomic E-state index is 0.00698. The fourth-order valence-corrected chi connectivity index (χ4v) is 13.5. The summed E-state index contributed by atoms with van der Waals surface area (Å²) in [5.74, 6) is -0.513. The lowest BCUT2D eigenvalue weighted by atomic mass is 9.59. The second-order valence-electron chi connectivity index (χ2n) is 20.9. The summed E-state index contributed by atoms with van der Waals surface area (Å²) in [6, 6.07) is 21.5. The van der Waals surface area contributed by atoms with Gasteiger partial charge in [0.1, 0.15) is 24.0 Å². The number of pyridine rings is 1. The van der Waals surface area contributed by atoms with Crippen molar-refractivity contribution < 1.29 is 37.1 Å². The third kappa shape index (κ3) is 8.42. The zero-order chi connectivity index (χ0) is 48.8. The maximum atomic E-state index is 14.6. The number of nitro benzene ring substituents is 1. The number of fused-ring (bicyclic) bond motifs is 3. The summed E-state index contributed by atoms with van der Waals surface area (Å²) >= 11 is 0. The number of rotatable bonds is 10. The molecule has 5 aromatic rings. The quantitative estimate of drug-likeness (QED) is 0.0949. The van der Waals surface area contributed by atoms with Crippen LogP contribution in [0.25, 0.3) is 11.0 Å². The normalized spacial score (nSPS) is 25.9. The molecule has 18 nitrogen and oxygen atoms in total. The van der Waals surface area contributed by atoms with E-state index in [1.54, 1.807) is 12.3 Å². The van der Waals surface area contributed by atoms with Crippen molar-refractivity contribution in [3.63, 3.8) is 0 Å². The number of nitro groups is 1. The second-order valence-corrected chi connectivity index (χ2v) is 22.6. The molecule has 4 saturated heterocycles. The first-order chi connectivity index (χ1) is 34.3. The van der Waals surface area contributed by atoms with Crippen LogP contribution in [0.4, 0.5) is 28.4 Å². The minimum Gasteiger partial charge on any atom is -0.489 e. The third-order valence-electron chi connectivity index (χ3n) is 16.5. The highest BCUT2D eigenvalue weighted by Crippen LogP contribution is 2.54. The number of aromatic amines is 1. The molecular weight excluding hydrogens is 927 g/mol. The maximum Gasteiger partial charge on any atom is 0.297 e. The molecule has 1 spiro atoms. The van der Waals surface area contributed by atoms with Gasteiger partial charge in [-0.1, -0.05) is 24.3 Å². The Morgan fingerprint density at radius 1 is 0.930 bits per heavy atom. The summed E-state index contributed by atoms with van der Waals surface area (Å²) in [4.78, 5) is 43.5. The van der Waals surface area contributed by atoms with Gasteiger partial charge >= 0.3 is 0 Å². The summed E-state index contributed by atoms with van der Waals surface area (Å²) in [5.41, 5.74) is 5.50. The molecule has 7 aliphatic rings. The van der Waals surface area contributed by atoms with E-state index >= 15 is 0 Å². The predicted molar refractivity (Wildman–Crippen MR) is 268 cm³/mol. The molecule has 3 aromatic carbocycles. The molecule has 0 radical (unpaired) electrons. The van der Waals surface area contributed by atoms with E-state index in [1.807, 2.05) is 36.1 Å². The number of morpholine rings is 1. The summed E-state index contributed by atoms with van der Waals surface area (Å²) in [5, 5.41) is 16.7. The van der Waals surface area contributed by atoms with Crippen molar-refractivity contribution in [2.75, 3.05) is 74.3 Å². The van der Waals surface area contributed by atoms with Crippen LogP contribution in [0, 0.1) is 22.5 Å². The summed E-state index contributed by atoms with van der Waals surface area (Å²) < 4.78 is 54.8. The van der Waals surface area contributed by atoms with E-state index in [-0.39, 0.29) is 47.9 Å². The number of aryl methyl sites for hydroxylation is 1. The molecule has 0 bridgehead atoms. The molecule has 6 aliphatic heterocycles. The molecule has 0 unspecified atom stereocenters. The highest BCUT2D eigenvalue weighted by Gasteiger charge is 2.50. The first-order valence-corrected chi connectivity index (χ1v) is 26.6. The monoisotopic (exact) mass is 987 g/mol. The van der Waals surface area contributed by atoms with Gasteiger partial charge in [-0.15, -0.1) is 0 Å². The molecule has 19 heteroatoms. The lowest BCUT2D eigenvalue weighted by Gasteiger charge is -2.56. The number of amides is 1. The van der Waals surface area contributed by atoms with E-state index in [0.717, 1.165) is 49.6 Å². The topological polar surface area (TPSA) is 197 Å². The van der Waals surface area contributed by atoms with Crippen LogP contribution in [-0.2, 0) is 19.5 Å². The minimum atomic E-state index is -4.69. The van der Waals surface area contributed by atoms with Crippen molar-refractivity contribution in [3.8, 4) is 11.6 Å². The number of likely N-dealkylation sites (tertiary alicyclic amines) is 1. The standard InChI is InChI=1S/C52H61N9O9S/c1-31-7-4-5-8-39(31)42-9-6-16-58(42)36-23-52(24-36)13-17-57(18-14-52)35-10-11-40(43(20-35)60-25-33(3)70-51-45(60)19-34-12-15-53-49(34)55-51)50(62)56-71(65,66)38-21-44(61(63)64)48-46(22-38)69-30-41(54-48)47-26-59(32(2)27-68-47)37-28-67-29-37/h4-5,7-8,10-12,15,19-22,32-33,36-37,41-42,47,54H,6,9,13-14,16-18,23-30H2,1-3H3,(H,53,55)(H,56,62)/t32-,33-,41+,42+,47-/m1/s1. The first-order valence-electron chi connectivity index (χ1n) is 25.2. The Morgan fingerprint density at radius 2 is 1.75 bits per heavy atom. The summed E-state index contributed by atoms with van der Waals surface area (Å²) in [6.07, 6.45) is 8.09. The van der Waals surface area contributed by atoms with Gasteiger partial charge in [0, 0.05) is 67.2 Å². The third-order valence-corrected chi connectivity index (χ3v) is 17.8. The number of H-pyrrole nitrogens is 1. The maximum absolute atomic E-state index is 14.6. The van der Waals surface area contributed by atoms with Gasteiger partial charge in [0.15, 0.2) is 11.4 Å². The molecule has 12 rings (SSSR count). The van der Waals surface area contributed by atoms with Crippen LogP contribution in [0.5, 0.6) is 11.6 Å². The zero-order valence-electron chi connectivity index (χ0n) is 40.3. The molecule has 71 heavy (non-hydrogen) atoms. The highest BCUT2D eigenvalue weighted by molar-refractivity contribution is 7.90. The van der Waals surface area contributed by atoms with E-state index in [4.69, 9.17) is 23.9 Å². The van der Waals surface area contributed by atoms with Crippen LogP contribution in [-0.4, -0.2) is 135 Å². The predicted octanol–water partition coefficient (Wildman–Crippen LogP) is 7.06. The van der Waals surface area contributed by atoms with E-state index in [9.17, 15) is 23.3 Å². The van der Waals surface area contributed by atoms with Crippen LogP contribution >= 0.6 is 0 Å². The molecule has 5 fully saturated rings. The number of carbonyl (C=O) groups is 1. The van der Waals surface area contributed by atoms with Crippen molar-refractivity contribution in [2.45, 2.75) is 107 Å². The Balaban J connectivity index is 0.800. The van der Waals surface area contributed by atoms with Crippen LogP contribution in [0.3, 0.4) is 0 Å². The van der Waals surface area contributed by atoms with Crippen LogP contribution in [0.1, 0.15) is 79.9 Å². The van der Waals surface area contributed by atoms with E-state index in [1.165, 1.54) is 42.9 Å². The van der Waals surface area contributed by atoms with Gasteiger partial charge in [-0.25, -0.2) is 13.1 Å². The molecule has 3 N–H and O–H groups in total. The number of piperidine rings is 1. The number of ether oxygens (including phenoxy) is 4. The lowest BCUT2D eigenvalue weighted by Crippen LogP contribution is -2.62. The lowest BCUT2D eigenvalue weighted by molar-refractivity contribution is -0.384. The molecule has 1 aliphatic carbocycles. The molecule has 8 heterocycles. The van der Waals surface area contributed by atoms with Gasteiger partial charge < -0.3 is 39.0 Å². The molecule has 2 aromatic heterocycles. The van der Waals surface area contributed by atoms with Crippen molar-refractivity contribution in [2.24, 2.45) is 5.41 Å². The number of benzene rings is 3. The number of hydrogen-bond donors (Lipinski definition) is 3. The molecule has 1 saturated carbocycles. The van der Waals surface area contributed by atoms with Crippen LogP contribution in [0.2, 0.25) is 0 Å². The number of hydrogen-bond acceptors (Lipinski definition) is 15. The van der Waals surface area contributed by atoms with Crippen molar-refractivity contribution >= 4 is 55.4 Å². The van der Waals surface area contributed by atoms with Crippen molar-refractivity contribution in [1.82, 2.24) is 24.5 Å². The smallest absolute Gasteiger partial charge is 0.297 e.